The van der Waals surface area contributed by atoms with Gasteiger partial charge in [0.1, 0.15) is 24.2 Å². The van der Waals surface area contributed by atoms with E-state index in [0.29, 0.717) is 5.75 Å². The molecule has 1 fully saturated rings. The lowest BCUT2D eigenvalue weighted by Crippen LogP contribution is -2.63. The highest BCUT2D eigenvalue weighted by Crippen LogP contribution is 2.31. The van der Waals surface area contributed by atoms with Crippen LogP contribution < -0.4 is 9.47 Å². The molecule has 0 aliphatic carbocycles. The van der Waals surface area contributed by atoms with Gasteiger partial charge in [0.25, 0.3) is 0 Å². The van der Waals surface area contributed by atoms with Gasteiger partial charge in [-0.05, 0) is 29.8 Å². The number of carbonyl (C=O) groups excluding carboxylic acids is 5. The molecule has 1 unspecified atom stereocenters. The van der Waals surface area contributed by atoms with Crippen molar-refractivity contribution in [3.63, 3.8) is 0 Å². The highest BCUT2D eigenvalue weighted by molar-refractivity contribution is 5.69. The van der Waals surface area contributed by atoms with Crippen LogP contribution in [-0.2, 0) is 63.7 Å². The van der Waals surface area contributed by atoms with Crippen LogP contribution in [0.1, 0.15) is 46.6 Å². The van der Waals surface area contributed by atoms with Crippen LogP contribution in [0.2, 0.25) is 0 Å². The molecule has 1 aliphatic heterocycles. The van der Waals surface area contributed by atoms with E-state index in [9.17, 15) is 24.0 Å². The summed E-state index contributed by atoms with van der Waals surface area (Å²) in [6.45, 7) is 5.91. The van der Waals surface area contributed by atoms with Crippen molar-refractivity contribution in [1.82, 2.24) is 0 Å². The first kappa shape index (κ1) is 35.8. The Morgan fingerprint density at radius 1 is 0.696 bits per heavy atom. The number of ether oxygens (including phenoxy) is 9. The van der Waals surface area contributed by atoms with Crippen molar-refractivity contribution in [1.29, 1.82) is 0 Å². The van der Waals surface area contributed by atoms with Gasteiger partial charge in [0.05, 0.1) is 13.2 Å². The summed E-state index contributed by atoms with van der Waals surface area (Å²) in [5.41, 5.74) is 0.924. The minimum Gasteiger partial charge on any atom is -0.493 e. The minimum absolute atomic E-state index is 0.159. The summed E-state index contributed by atoms with van der Waals surface area (Å²) in [5.74, 6) is -2.65. The van der Waals surface area contributed by atoms with Crippen molar-refractivity contribution in [3.8, 4) is 11.5 Å². The van der Waals surface area contributed by atoms with E-state index < -0.39 is 66.8 Å². The van der Waals surface area contributed by atoms with Gasteiger partial charge in [-0.25, -0.2) is 0 Å². The highest BCUT2D eigenvalue weighted by Gasteiger charge is 2.53. The Kier molecular flexibility index (Phi) is 13.8. The fraction of sp³-hybridized carbons (Fsp3) is 0.469. The van der Waals surface area contributed by atoms with Crippen LogP contribution >= 0.6 is 0 Å². The molecule has 1 saturated heterocycles. The molecule has 0 N–H and O–H groups in total. The molecule has 1 heterocycles. The maximum absolute atomic E-state index is 12.0. The van der Waals surface area contributed by atoms with Gasteiger partial charge in [0.2, 0.25) is 18.7 Å². The number of hydrogen-bond acceptors (Lipinski definition) is 14. The van der Waals surface area contributed by atoms with Gasteiger partial charge >= 0.3 is 29.8 Å². The smallest absolute Gasteiger partial charge is 0.304 e. The highest BCUT2D eigenvalue weighted by atomic mass is 16.7. The van der Waals surface area contributed by atoms with Crippen molar-refractivity contribution in [2.75, 3.05) is 13.2 Å². The summed E-state index contributed by atoms with van der Waals surface area (Å²) < 4.78 is 50.0. The number of hydrogen-bond donors (Lipinski definition) is 0. The van der Waals surface area contributed by atoms with E-state index in [1.807, 2.05) is 30.3 Å². The monoisotopic (exact) mass is 646 g/mol. The molecule has 0 bridgehead atoms. The first-order valence-electron chi connectivity index (χ1n) is 14.4. The molecule has 46 heavy (non-hydrogen) atoms. The van der Waals surface area contributed by atoms with Gasteiger partial charge < -0.3 is 42.6 Å². The van der Waals surface area contributed by atoms with Gasteiger partial charge in [-0.2, -0.15) is 0 Å². The Morgan fingerprint density at radius 2 is 1.28 bits per heavy atom. The van der Waals surface area contributed by atoms with Crippen LogP contribution in [0.25, 0.3) is 0 Å². The third kappa shape index (κ3) is 12.0. The molecule has 0 radical (unpaired) electrons. The Labute approximate surface area is 266 Å². The molecular weight excluding hydrogens is 608 g/mol. The number of rotatable bonds is 15. The Balaban J connectivity index is 1.70. The second-order valence-corrected chi connectivity index (χ2v) is 10.1. The van der Waals surface area contributed by atoms with E-state index in [-0.39, 0.29) is 32.0 Å². The van der Waals surface area contributed by atoms with Gasteiger partial charge in [0, 0.05) is 41.0 Å². The van der Waals surface area contributed by atoms with Gasteiger partial charge in [-0.15, -0.1) is 0 Å². The first-order chi connectivity index (χ1) is 21.9. The lowest BCUT2D eigenvalue weighted by atomic mass is 9.98. The zero-order valence-electron chi connectivity index (χ0n) is 26.2. The molecule has 2 aromatic rings. The Morgan fingerprint density at radius 3 is 1.87 bits per heavy atom. The van der Waals surface area contributed by atoms with E-state index in [2.05, 4.69) is 0 Å². The quantitative estimate of drug-likeness (QED) is 0.157. The van der Waals surface area contributed by atoms with Crippen LogP contribution in [0.5, 0.6) is 11.5 Å². The molecule has 0 spiro atoms. The summed E-state index contributed by atoms with van der Waals surface area (Å²) in [4.78, 5) is 59.0. The molecule has 2 aromatic carbocycles. The molecule has 0 amide bonds. The zero-order chi connectivity index (χ0) is 33.6. The van der Waals surface area contributed by atoms with E-state index in [0.717, 1.165) is 26.3 Å². The second kappa shape index (κ2) is 17.7. The maximum Gasteiger partial charge on any atom is 0.304 e. The third-order valence-electron chi connectivity index (χ3n) is 6.22. The molecule has 250 valence electrons. The molecule has 0 aromatic heterocycles. The second-order valence-electron chi connectivity index (χ2n) is 10.1. The largest absolute Gasteiger partial charge is 0.493 e. The van der Waals surface area contributed by atoms with Gasteiger partial charge in [0.15, 0.2) is 12.2 Å². The average molecular weight is 647 g/mol. The van der Waals surface area contributed by atoms with E-state index in [1.54, 1.807) is 24.3 Å². The summed E-state index contributed by atoms with van der Waals surface area (Å²) in [5, 5.41) is 0. The van der Waals surface area contributed by atoms with Crippen molar-refractivity contribution in [3.05, 3.63) is 60.2 Å². The van der Waals surface area contributed by atoms with E-state index in [1.165, 1.54) is 13.8 Å². The maximum atomic E-state index is 12.0. The summed E-state index contributed by atoms with van der Waals surface area (Å²) in [7, 11) is 0. The van der Waals surface area contributed by atoms with Crippen molar-refractivity contribution in [2.24, 2.45) is 0 Å². The first-order valence-corrected chi connectivity index (χ1v) is 14.4. The topological polar surface area (TPSA) is 168 Å². The standard InChI is InChI=1S/C32H38O14/c1-19(33)39-18-27-29(42-21(3)35)30(43-22(4)36)31(44-23(5)37)32(46-27)45-26-13-11-25(12-14-26)38-16-15-28(41-20(2)34)40-17-24-9-7-6-8-10-24/h6-14,27-32H,15-18H2,1-5H3/t27-,28?,29-,30+,31-,32+/m1/s1. The number of benzene rings is 2. The molecular formula is C32H38O14. The fourth-order valence-electron chi connectivity index (χ4n) is 4.43. The van der Waals surface area contributed by atoms with Crippen LogP contribution in [0, 0.1) is 0 Å². The van der Waals surface area contributed by atoms with Crippen molar-refractivity contribution < 1.29 is 66.6 Å². The molecule has 1 aliphatic rings. The lowest BCUT2D eigenvalue weighted by Gasteiger charge is -2.43. The number of carbonyl (C=O) groups is 5. The number of esters is 5. The summed E-state index contributed by atoms with van der Waals surface area (Å²) >= 11 is 0. The predicted molar refractivity (Wildman–Crippen MR) is 156 cm³/mol. The minimum atomic E-state index is -1.38. The van der Waals surface area contributed by atoms with E-state index in [4.69, 9.17) is 42.6 Å². The third-order valence-corrected chi connectivity index (χ3v) is 6.22. The van der Waals surface area contributed by atoms with Gasteiger partial charge in [-0.1, -0.05) is 30.3 Å². The van der Waals surface area contributed by atoms with E-state index >= 15 is 0 Å². The van der Waals surface area contributed by atoms with Crippen molar-refractivity contribution >= 4 is 29.8 Å². The van der Waals surface area contributed by atoms with Crippen LogP contribution in [0.3, 0.4) is 0 Å². The van der Waals surface area contributed by atoms with Crippen molar-refractivity contribution in [2.45, 2.75) is 84.6 Å². The summed E-state index contributed by atoms with van der Waals surface area (Å²) in [6.07, 6.45) is -7.11. The molecule has 3 rings (SSSR count). The molecule has 6 atom stereocenters. The van der Waals surface area contributed by atoms with Crippen LogP contribution in [0.15, 0.2) is 54.6 Å². The fourth-order valence-corrected chi connectivity index (χ4v) is 4.43. The Hall–Kier alpha value is -4.69. The zero-order valence-corrected chi connectivity index (χ0v) is 26.2. The predicted octanol–water partition coefficient (Wildman–Crippen LogP) is 3.02. The molecule has 0 saturated carbocycles. The average Bonchev–Trinajstić information content (AvgIpc) is 2.98. The summed E-state index contributed by atoms with van der Waals surface area (Å²) in [6, 6.07) is 15.8. The molecule has 14 nitrogen and oxygen atoms in total. The SMILES string of the molecule is CC(=O)OC[C@H]1O[C@H](Oc2ccc(OCCC(OCc3ccccc3)OC(C)=O)cc2)[C@H](OC(C)=O)[C@@H](OC(C)=O)[C@@H]1OC(C)=O. The molecule has 14 heteroatoms. The van der Waals surface area contributed by atoms with Gasteiger partial charge in [-0.3, -0.25) is 24.0 Å². The van der Waals surface area contributed by atoms with Crippen LogP contribution in [-0.4, -0.2) is 80.1 Å². The normalized spacial score (nSPS) is 21.2. The van der Waals surface area contributed by atoms with Crippen LogP contribution in [0.4, 0.5) is 0 Å². The Bertz CT molecular complexity index is 1310. The lowest BCUT2D eigenvalue weighted by molar-refractivity contribution is -0.288.